The molecule has 0 saturated heterocycles. The Balaban J connectivity index is 2.13. The standard InChI is InChI=1S/C14H19N3OS/c1-14(2,3)15-9-10-7-13(18)17-12(16-10)8-11-5-4-6-19-11/h4-7,15H,8-9H2,1-3H3,(H,16,17,18). The van der Waals surface area contributed by atoms with Crippen molar-refractivity contribution in [3.05, 3.63) is 50.3 Å². The van der Waals surface area contributed by atoms with Crippen LogP contribution in [0.4, 0.5) is 0 Å². The van der Waals surface area contributed by atoms with E-state index in [1.165, 1.54) is 4.88 Å². The lowest BCUT2D eigenvalue weighted by Gasteiger charge is -2.20. The molecule has 0 atom stereocenters. The lowest BCUT2D eigenvalue weighted by molar-refractivity contribution is 0.420. The highest BCUT2D eigenvalue weighted by Crippen LogP contribution is 2.12. The molecule has 0 aliphatic heterocycles. The second-order valence-electron chi connectivity index (χ2n) is 5.54. The maximum absolute atomic E-state index is 11.6. The van der Waals surface area contributed by atoms with Crippen LogP contribution in [0.1, 0.15) is 37.2 Å². The molecule has 2 aromatic heterocycles. The second kappa shape index (κ2) is 5.67. The molecule has 0 bridgehead atoms. The maximum atomic E-state index is 11.6. The highest BCUT2D eigenvalue weighted by Gasteiger charge is 2.10. The molecule has 2 aromatic rings. The average Bonchev–Trinajstić information content (AvgIpc) is 2.77. The SMILES string of the molecule is CC(C)(C)NCc1cc(=O)[nH]c(Cc2cccs2)n1. The van der Waals surface area contributed by atoms with Gasteiger partial charge in [0.25, 0.3) is 5.56 Å². The molecule has 5 heteroatoms. The van der Waals surface area contributed by atoms with Gasteiger partial charge in [0.1, 0.15) is 5.82 Å². The fourth-order valence-corrected chi connectivity index (χ4v) is 2.38. The van der Waals surface area contributed by atoms with Crippen LogP contribution in [0.3, 0.4) is 0 Å². The number of rotatable bonds is 4. The Morgan fingerprint density at radius 2 is 2.21 bits per heavy atom. The van der Waals surface area contributed by atoms with Gasteiger partial charge in [-0.3, -0.25) is 4.79 Å². The molecule has 0 aromatic carbocycles. The molecule has 0 amide bonds. The van der Waals surface area contributed by atoms with Crippen LogP contribution in [0.25, 0.3) is 0 Å². The normalized spacial score (nSPS) is 11.7. The van der Waals surface area contributed by atoms with Gasteiger partial charge in [0, 0.05) is 29.4 Å². The van der Waals surface area contributed by atoms with Gasteiger partial charge >= 0.3 is 0 Å². The van der Waals surface area contributed by atoms with Crippen molar-refractivity contribution in [3.63, 3.8) is 0 Å². The molecule has 0 aliphatic rings. The average molecular weight is 277 g/mol. The van der Waals surface area contributed by atoms with E-state index in [1.807, 2.05) is 17.5 Å². The first-order valence-corrected chi connectivity index (χ1v) is 7.17. The van der Waals surface area contributed by atoms with Gasteiger partial charge in [-0.05, 0) is 32.2 Å². The van der Waals surface area contributed by atoms with E-state index < -0.39 is 0 Å². The smallest absolute Gasteiger partial charge is 0.251 e. The summed E-state index contributed by atoms with van der Waals surface area (Å²) in [4.78, 5) is 20.1. The Bertz CT molecular complexity index is 581. The number of thiophene rings is 1. The highest BCUT2D eigenvalue weighted by atomic mass is 32.1. The summed E-state index contributed by atoms with van der Waals surface area (Å²) in [6.07, 6.45) is 0.677. The van der Waals surface area contributed by atoms with E-state index in [2.05, 4.69) is 36.1 Å². The van der Waals surface area contributed by atoms with Crippen LogP contribution in [0.15, 0.2) is 28.4 Å². The molecule has 0 saturated carbocycles. The van der Waals surface area contributed by atoms with E-state index in [1.54, 1.807) is 17.4 Å². The van der Waals surface area contributed by atoms with Crippen molar-refractivity contribution in [3.8, 4) is 0 Å². The number of aromatic nitrogens is 2. The Kier molecular flexibility index (Phi) is 4.17. The molecule has 0 aliphatic carbocycles. The lowest BCUT2D eigenvalue weighted by Crippen LogP contribution is -2.35. The molecular weight excluding hydrogens is 258 g/mol. The number of nitrogens with zero attached hydrogens (tertiary/aromatic N) is 1. The third-order valence-corrected chi connectivity index (χ3v) is 3.44. The minimum absolute atomic E-state index is 0.0121. The quantitative estimate of drug-likeness (QED) is 0.901. The van der Waals surface area contributed by atoms with Gasteiger partial charge in [-0.2, -0.15) is 0 Å². The van der Waals surface area contributed by atoms with E-state index in [0.717, 1.165) is 11.5 Å². The van der Waals surface area contributed by atoms with Gasteiger partial charge in [-0.15, -0.1) is 11.3 Å². The molecule has 0 radical (unpaired) electrons. The molecule has 2 N–H and O–H groups in total. The van der Waals surface area contributed by atoms with Crippen LogP contribution < -0.4 is 10.9 Å². The lowest BCUT2D eigenvalue weighted by atomic mass is 10.1. The van der Waals surface area contributed by atoms with Crippen LogP contribution >= 0.6 is 11.3 Å². The zero-order valence-electron chi connectivity index (χ0n) is 11.5. The number of hydrogen-bond donors (Lipinski definition) is 2. The van der Waals surface area contributed by atoms with Gasteiger partial charge in [0.2, 0.25) is 0 Å². The summed E-state index contributed by atoms with van der Waals surface area (Å²) in [5.41, 5.74) is 0.704. The van der Waals surface area contributed by atoms with Crippen molar-refractivity contribution in [2.75, 3.05) is 0 Å². The largest absolute Gasteiger partial charge is 0.310 e. The Morgan fingerprint density at radius 1 is 1.42 bits per heavy atom. The van der Waals surface area contributed by atoms with Gasteiger partial charge in [-0.1, -0.05) is 6.07 Å². The minimum Gasteiger partial charge on any atom is -0.310 e. The van der Waals surface area contributed by atoms with Crippen molar-refractivity contribution in [2.24, 2.45) is 0 Å². The van der Waals surface area contributed by atoms with Crippen LogP contribution in [0, 0.1) is 0 Å². The summed E-state index contributed by atoms with van der Waals surface area (Å²) < 4.78 is 0. The first-order chi connectivity index (χ1) is 8.92. The summed E-state index contributed by atoms with van der Waals surface area (Å²) in [5.74, 6) is 0.723. The van der Waals surface area contributed by atoms with Crippen LogP contribution in [-0.4, -0.2) is 15.5 Å². The predicted molar refractivity (Wildman–Crippen MR) is 78.6 cm³/mol. The van der Waals surface area contributed by atoms with Crippen molar-refractivity contribution in [1.29, 1.82) is 0 Å². The molecule has 19 heavy (non-hydrogen) atoms. The van der Waals surface area contributed by atoms with Crippen LogP contribution in [0.5, 0.6) is 0 Å². The third-order valence-electron chi connectivity index (χ3n) is 2.57. The van der Waals surface area contributed by atoms with E-state index in [0.29, 0.717) is 13.0 Å². The molecule has 2 rings (SSSR count). The summed E-state index contributed by atoms with van der Waals surface area (Å²) in [7, 11) is 0. The van der Waals surface area contributed by atoms with Crippen molar-refractivity contribution >= 4 is 11.3 Å². The van der Waals surface area contributed by atoms with Crippen molar-refractivity contribution < 1.29 is 0 Å². The third kappa shape index (κ3) is 4.61. The highest BCUT2D eigenvalue weighted by molar-refractivity contribution is 7.09. The van der Waals surface area contributed by atoms with E-state index in [9.17, 15) is 4.79 Å². The summed E-state index contributed by atoms with van der Waals surface area (Å²) in [5, 5.41) is 5.37. The molecule has 0 unspecified atom stereocenters. The summed E-state index contributed by atoms with van der Waals surface area (Å²) in [6.45, 7) is 6.87. The van der Waals surface area contributed by atoms with Gasteiger partial charge in [-0.25, -0.2) is 4.98 Å². The number of nitrogens with one attached hydrogen (secondary N) is 2. The monoisotopic (exact) mass is 277 g/mol. The van der Waals surface area contributed by atoms with Crippen LogP contribution in [-0.2, 0) is 13.0 Å². The molecule has 2 heterocycles. The fourth-order valence-electron chi connectivity index (χ4n) is 1.67. The number of aromatic amines is 1. The van der Waals surface area contributed by atoms with Gasteiger partial charge < -0.3 is 10.3 Å². The van der Waals surface area contributed by atoms with Crippen molar-refractivity contribution in [2.45, 2.75) is 39.3 Å². The number of hydrogen-bond acceptors (Lipinski definition) is 4. The summed E-state index contributed by atoms with van der Waals surface area (Å²) >= 11 is 1.67. The first kappa shape index (κ1) is 14.0. The predicted octanol–water partition coefficient (Wildman–Crippen LogP) is 2.31. The van der Waals surface area contributed by atoms with E-state index in [4.69, 9.17) is 0 Å². The molecular formula is C14H19N3OS. The minimum atomic E-state index is -0.0905. The fraction of sp³-hybridized carbons (Fsp3) is 0.429. The second-order valence-corrected chi connectivity index (χ2v) is 6.58. The Labute approximate surface area is 116 Å². The molecule has 102 valence electrons. The zero-order chi connectivity index (χ0) is 13.9. The van der Waals surface area contributed by atoms with Crippen LogP contribution in [0.2, 0.25) is 0 Å². The van der Waals surface area contributed by atoms with Gasteiger partial charge in [0.05, 0.1) is 5.69 Å². The Morgan fingerprint density at radius 3 is 2.84 bits per heavy atom. The maximum Gasteiger partial charge on any atom is 0.251 e. The Hall–Kier alpha value is -1.46. The zero-order valence-corrected chi connectivity index (χ0v) is 12.3. The van der Waals surface area contributed by atoms with E-state index in [-0.39, 0.29) is 11.1 Å². The molecule has 0 spiro atoms. The molecule has 0 fully saturated rings. The first-order valence-electron chi connectivity index (χ1n) is 6.29. The number of H-pyrrole nitrogens is 1. The summed E-state index contributed by atoms with van der Waals surface area (Å²) in [6, 6.07) is 5.60. The van der Waals surface area contributed by atoms with E-state index >= 15 is 0 Å². The molecule has 4 nitrogen and oxygen atoms in total. The van der Waals surface area contributed by atoms with Crippen molar-refractivity contribution in [1.82, 2.24) is 15.3 Å². The van der Waals surface area contributed by atoms with Gasteiger partial charge in [0.15, 0.2) is 0 Å². The topological polar surface area (TPSA) is 57.8 Å².